The second-order valence-electron chi connectivity index (χ2n) is 5.39. The van der Waals surface area contributed by atoms with Gasteiger partial charge in [-0.15, -0.1) is 0 Å². The van der Waals surface area contributed by atoms with Gasteiger partial charge in [-0.25, -0.2) is 0 Å². The van der Waals surface area contributed by atoms with Gasteiger partial charge in [0.1, 0.15) is 0 Å². The second kappa shape index (κ2) is 6.79. The fraction of sp³-hybridized carbons (Fsp3) is 0.625. The third kappa shape index (κ3) is 3.26. The van der Waals surface area contributed by atoms with Crippen molar-refractivity contribution < 1.29 is 0 Å². The van der Waals surface area contributed by atoms with Crippen molar-refractivity contribution in [2.45, 2.75) is 45.1 Å². The van der Waals surface area contributed by atoms with Gasteiger partial charge < -0.3 is 10.2 Å². The molecule has 1 heterocycles. The van der Waals surface area contributed by atoms with Crippen molar-refractivity contribution in [3.63, 3.8) is 0 Å². The lowest BCUT2D eigenvalue weighted by Crippen LogP contribution is -2.30. The molecule has 2 rings (SSSR count). The number of unbranched alkanes of at least 4 members (excludes halogenated alkanes) is 3. The maximum absolute atomic E-state index is 3.21. The van der Waals surface area contributed by atoms with Crippen LogP contribution in [-0.2, 0) is 6.42 Å². The van der Waals surface area contributed by atoms with Crippen LogP contribution in [0.5, 0.6) is 0 Å². The first-order valence-electron chi connectivity index (χ1n) is 7.32. The molecular formula is C16H26N2. The fourth-order valence-corrected chi connectivity index (χ4v) is 2.91. The summed E-state index contributed by atoms with van der Waals surface area (Å²) in [4.78, 5) is 2.59. The van der Waals surface area contributed by atoms with Gasteiger partial charge in [-0.1, -0.05) is 31.0 Å². The van der Waals surface area contributed by atoms with Gasteiger partial charge >= 0.3 is 0 Å². The molecule has 1 N–H and O–H groups in total. The van der Waals surface area contributed by atoms with Crippen LogP contribution >= 0.6 is 0 Å². The van der Waals surface area contributed by atoms with Gasteiger partial charge in [-0.2, -0.15) is 0 Å². The molecule has 0 bridgehead atoms. The zero-order valence-electron chi connectivity index (χ0n) is 11.8. The Morgan fingerprint density at radius 3 is 2.78 bits per heavy atom. The summed E-state index contributed by atoms with van der Waals surface area (Å²) < 4.78 is 0. The van der Waals surface area contributed by atoms with E-state index < -0.39 is 0 Å². The average molecular weight is 246 g/mol. The van der Waals surface area contributed by atoms with Gasteiger partial charge in [0.05, 0.1) is 0 Å². The summed E-state index contributed by atoms with van der Waals surface area (Å²) in [6.07, 6.45) is 6.55. The van der Waals surface area contributed by atoms with E-state index in [1.165, 1.54) is 49.9 Å². The average Bonchev–Trinajstić information content (AvgIpc) is 2.70. The van der Waals surface area contributed by atoms with Crippen molar-refractivity contribution in [3.8, 4) is 0 Å². The highest BCUT2D eigenvalue weighted by Gasteiger charge is 2.24. The molecule has 1 aliphatic rings. The van der Waals surface area contributed by atoms with E-state index in [-0.39, 0.29) is 0 Å². The minimum Gasteiger partial charge on any atom is -0.368 e. The number of fused-ring (bicyclic) bond motifs is 1. The third-order valence-corrected chi connectivity index (χ3v) is 3.92. The molecule has 1 aromatic carbocycles. The highest BCUT2D eigenvalue weighted by molar-refractivity contribution is 5.59. The van der Waals surface area contributed by atoms with Crippen molar-refractivity contribution in [2.75, 3.05) is 25.0 Å². The number of benzene rings is 1. The molecule has 1 unspecified atom stereocenters. The number of rotatable bonds is 7. The minimum atomic E-state index is 0.680. The molecule has 18 heavy (non-hydrogen) atoms. The number of nitrogens with zero attached hydrogens (tertiary/aromatic N) is 1. The van der Waals surface area contributed by atoms with Gasteiger partial charge in [0.2, 0.25) is 0 Å². The molecule has 0 aromatic heterocycles. The first-order chi connectivity index (χ1) is 8.83. The van der Waals surface area contributed by atoms with Crippen molar-refractivity contribution in [2.24, 2.45) is 0 Å². The Bertz CT molecular complexity index is 362. The summed E-state index contributed by atoms with van der Waals surface area (Å²) in [5.41, 5.74) is 3.00. The monoisotopic (exact) mass is 246 g/mol. The Labute approximate surface area is 111 Å². The highest BCUT2D eigenvalue weighted by Crippen LogP contribution is 2.31. The van der Waals surface area contributed by atoms with E-state index in [2.05, 4.69) is 41.4 Å². The summed E-state index contributed by atoms with van der Waals surface area (Å²) in [5, 5.41) is 3.21. The number of nitrogens with one attached hydrogen (secondary N) is 1. The number of hydrogen-bond acceptors (Lipinski definition) is 2. The molecule has 0 aliphatic carbocycles. The van der Waals surface area contributed by atoms with Crippen LogP contribution in [0.1, 0.15) is 38.2 Å². The quantitative estimate of drug-likeness (QED) is 0.743. The maximum atomic E-state index is 3.21. The molecule has 0 saturated heterocycles. The number of para-hydroxylation sites is 1. The largest absolute Gasteiger partial charge is 0.368 e. The van der Waals surface area contributed by atoms with E-state index >= 15 is 0 Å². The molecule has 1 aliphatic heterocycles. The Balaban J connectivity index is 1.76. The van der Waals surface area contributed by atoms with Crippen LogP contribution in [-0.4, -0.2) is 26.2 Å². The molecule has 2 nitrogen and oxygen atoms in total. The fourth-order valence-electron chi connectivity index (χ4n) is 2.91. The Kier molecular flexibility index (Phi) is 5.06. The molecule has 1 aromatic rings. The lowest BCUT2D eigenvalue weighted by Gasteiger charge is -2.24. The third-order valence-electron chi connectivity index (χ3n) is 3.92. The van der Waals surface area contributed by atoms with Crippen LogP contribution in [0.25, 0.3) is 0 Å². The molecule has 2 heteroatoms. The van der Waals surface area contributed by atoms with Gasteiger partial charge in [0.25, 0.3) is 0 Å². The van der Waals surface area contributed by atoms with E-state index in [1.54, 1.807) is 0 Å². The summed E-state index contributed by atoms with van der Waals surface area (Å²) in [7, 11) is 2.03. The van der Waals surface area contributed by atoms with Crippen molar-refractivity contribution in [1.82, 2.24) is 5.32 Å². The smallest absolute Gasteiger partial charge is 0.0402 e. The molecule has 0 spiro atoms. The first-order valence-corrected chi connectivity index (χ1v) is 7.32. The summed E-state index contributed by atoms with van der Waals surface area (Å²) in [6, 6.07) is 9.56. The Morgan fingerprint density at radius 2 is 1.94 bits per heavy atom. The Morgan fingerprint density at radius 1 is 1.17 bits per heavy atom. The molecule has 1 atom stereocenters. The van der Waals surface area contributed by atoms with E-state index in [9.17, 15) is 0 Å². The predicted molar refractivity (Wildman–Crippen MR) is 79.3 cm³/mol. The van der Waals surface area contributed by atoms with E-state index in [1.807, 2.05) is 7.05 Å². The molecular weight excluding hydrogens is 220 g/mol. The van der Waals surface area contributed by atoms with Gasteiger partial charge in [0, 0.05) is 18.3 Å². The molecule has 0 radical (unpaired) electrons. The van der Waals surface area contributed by atoms with Crippen LogP contribution in [0.15, 0.2) is 24.3 Å². The van der Waals surface area contributed by atoms with E-state index in [4.69, 9.17) is 0 Å². The Hall–Kier alpha value is -1.02. The lowest BCUT2D eigenvalue weighted by atomic mass is 10.1. The molecule has 0 amide bonds. The van der Waals surface area contributed by atoms with Crippen molar-refractivity contribution >= 4 is 5.69 Å². The zero-order chi connectivity index (χ0) is 12.8. The molecule has 0 fully saturated rings. The molecule has 0 saturated carbocycles. The number of anilines is 1. The van der Waals surface area contributed by atoms with Crippen LogP contribution in [0.4, 0.5) is 5.69 Å². The van der Waals surface area contributed by atoms with Crippen LogP contribution in [0.3, 0.4) is 0 Å². The zero-order valence-corrected chi connectivity index (χ0v) is 11.8. The van der Waals surface area contributed by atoms with Gasteiger partial charge in [-0.05, 0) is 51.4 Å². The topological polar surface area (TPSA) is 15.3 Å². The summed E-state index contributed by atoms with van der Waals surface area (Å²) >= 11 is 0. The predicted octanol–water partition coefficient (Wildman–Crippen LogP) is 3.22. The van der Waals surface area contributed by atoms with Crippen molar-refractivity contribution in [1.29, 1.82) is 0 Å². The van der Waals surface area contributed by atoms with Crippen LogP contribution < -0.4 is 10.2 Å². The van der Waals surface area contributed by atoms with Crippen LogP contribution in [0, 0.1) is 0 Å². The van der Waals surface area contributed by atoms with Gasteiger partial charge in [0.15, 0.2) is 0 Å². The maximum Gasteiger partial charge on any atom is 0.0402 e. The summed E-state index contributed by atoms with van der Waals surface area (Å²) in [6.45, 7) is 4.72. The first kappa shape index (κ1) is 13.4. The van der Waals surface area contributed by atoms with Crippen molar-refractivity contribution in [3.05, 3.63) is 29.8 Å². The van der Waals surface area contributed by atoms with Gasteiger partial charge in [-0.3, -0.25) is 0 Å². The lowest BCUT2D eigenvalue weighted by molar-refractivity contribution is 0.586. The van der Waals surface area contributed by atoms with E-state index in [0.717, 1.165) is 6.54 Å². The van der Waals surface area contributed by atoms with E-state index in [0.29, 0.717) is 6.04 Å². The SMILES string of the molecule is CNCCCCCCN1c2ccccc2CC1C. The van der Waals surface area contributed by atoms with Crippen LogP contribution in [0.2, 0.25) is 0 Å². The minimum absolute atomic E-state index is 0.680. The summed E-state index contributed by atoms with van der Waals surface area (Å²) in [5.74, 6) is 0. The standard InChI is InChI=1S/C16H26N2/c1-14-13-15-9-5-6-10-16(15)18(14)12-8-4-3-7-11-17-2/h5-6,9-10,14,17H,3-4,7-8,11-13H2,1-2H3. The second-order valence-corrected chi connectivity index (χ2v) is 5.39. The highest BCUT2D eigenvalue weighted by atomic mass is 15.2. The normalized spacial score (nSPS) is 18.1. The number of hydrogen-bond donors (Lipinski definition) is 1. The molecule has 100 valence electrons.